The maximum atomic E-state index is 13.9. The maximum Gasteiger partial charge on any atom is 0.428 e. The molecule has 1 aromatic rings. The van der Waals surface area contributed by atoms with E-state index in [1.54, 1.807) is 12.1 Å². The highest BCUT2D eigenvalue weighted by molar-refractivity contribution is 6.35. The number of hydrogen-bond acceptors (Lipinski definition) is 5. The molecule has 0 unspecified atom stereocenters. The largest absolute Gasteiger partial charge is 0.435 e. The first-order valence-corrected chi connectivity index (χ1v) is 11.2. The predicted molar refractivity (Wildman–Crippen MR) is 116 cm³/mol. The van der Waals surface area contributed by atoms with Crippen molar-refractivity contribution in [1.82, 2.24) is 16.1 Å². The van der Waals surface area contributed by atoms with Gasteiger partial charge < -0.3 is 15.4 Å². The summed E-state index contributed by atoms with van der Waals surface area (Å²) in [6.45, 7) is 1.88. The van der Waals surface area contributed by atoms with Crippen molar-refractivity contribution < 1.29 is 23.5 Å². The zero-order chi connectivity index (χ0) is 22.9. The number of halogens is 1. The number of nitrogens with zero attached hydrogens (tertiary/aromatic N) is 1. The van der Waals surface area contributed by atoms with Gasteiger partial charge in [0.15, 0.2) is 5.60 Å². The summed E-state index contributed by atoms with van der Waals surface area (Å²) in [5.74, 6) is -0.945. The van der Waals surface area contributed by atoms with Crippen LogP contribution in [0.5, 0.6) is 0 Å². The predicted octanol–water partition coefficient (Wildman–Crippen LogP) is 2.72. The molecule has 1 heterocycles. The van der Waals surface area contributed by atoms with Crippen LogP contribution in [0, 0.1) is 11.7 Å². The van der Waals surface area contributed by atoms with Gasteiger partial charge in [-0.3, -0.25) is 9.59 Å². The number of carbonyl (C=O) groups excluding carboxylic acids is 3. The summed E-state index contributed by atoms with van der Waals surface area (Å²) >= 11 is 0. The zero-order valence-electron chi connectivity index (χ0n) is 18.4. The minimum absolute atomic E-state index is 0.152. The Morgan fingerprint density at radius 2 is 1.97 bits per heavy atom. The van der Waals surface area contributed by atoms with Crippen molar-refractivity contribution in [3.63, 3.8) is 0 Å². The molecule has 8 nitrogen and oxygen atoms in total. The Morgan fingerprint density at radius 3 is 2.62 bits per heavy atom. The molecular weight excluding hydrogens is 415 g/mol. The topological polar surface area (TPSA) is 109 Å². The van der Waals surface area contributed by atoms with Crippen LogP contribution in [0.1, 0.15) is 68.9 Å². The van der Waals surface area contributed by atoms with E-state index in [9.17, 15) is 18.8 Å². The van der Waals surface area contributed by atoms with E-state index in [2.05, 4.69) is 21.2 Å². The molecule has 4 rings (SSSR count). The number of rotatable bonds is 5. The Bertz CT molecular complexity index is 951. The van der Waals surface area contributed by atoms with Crippen molar-refractivity contribution in [3.8, 4) is 0 Å². The van der Waals surface area contributed by atoms with Gasteiger partial charge in [-0.15, -0.1) is 0 Å². The van der Waals surface area contributed by atoms with Crippen LogP contribution < -0.4 is 16.1 Å². The van der Waals surface area contributed by atoms with Crippen LogP contribution in [0.15, 0.2) is 23.3 Å². The van der Waals surface area contributed by atoms with E-state index < -0.39 is 23.5 Å². The Balaban J connectivity index is 1.47. The maximum absolute atomic E-state index is 13.9. The second-order valence-corrected chi connectivity index (χ2v) is 9.09. The normalized spacial score (nSPS) is 25.9. The lowest BCUT2D eigenvalue weighted by Gasteiger charge is -2.42. The molecule has 3 aliphatic rings. The number of hydrogen-bond donors (Lipinski definition) is 3. The third kappa shape index (κ3) is 4.61. The molecule has 1 spiro atoms. The molecule has 0 bridgehead atoms. The van der Waals surface area contributed by atoms with Crippen LogP contribution in [0.4, 0.5) is 9.18 Å². The smallest absolute Gasteiger partial charge is 0.428 e. The SMILES string of the molecule is CNC(=O)C(=O)N[C@@H](C)CC1CCC2(CC1)OC(=O)NN=C2c1ccc(F)cc1C1CC1. The summed E-state index contributed by atoms with van der Waals surface area (Å²) in [7, 11) is 1.42. The fourth-order valence-corrected chi connectivity index (χ4v) is 4.92. The molecule has 1 aliphatic heterocycles. The number of hydrazone groups is 1. The van der Waals surface area contributed by atoms with Gasteiger partial charge in [-0.2, -0.15) is 5.10 Å². The quantitative estimate of drug-likeness (QED) is 0.607. The van der Waals surface area contributed by atoms with Crippen molar-refractivity contribution in [2.75, 3.05) is 7.05 Å². The summed E-state index contributed by atoms with van der Waals surface area (Å²) in [5.41, 5.74) is 4.03. The Hall–Kier alpha value is -2.97. The minimum atomic E-state index is -0.838. The molecule has 0 saturated heterocycles. The number of nitrogens with one attached hydrogen (secondary N) is 3. The standard InChI is InChI=1S/C23H29FN4O4/c1-13(26-21(30)20(29)25-2)11-14-7-9-23(10-8-14)19(27-28-22(31)32-23)17-6-5-16(24)12-18(17)15-3-4-15/h5-6,12-15H,3-4,7-11H2,1-2H3,(H,25,29)(H,26,30)(H,28,31)/t13-,14?,23?/m0/s1. The van der Waals surface area contributed by atoms with Crippen LogP contribution in [-0.4, -0.2) is 42.3 Å². The fraction of sp³-hybridized carbons (Fsp3) is 0.565. The third-order valence-electron chi connectivity index (χ3n) is 6.68. The van der Waals surface area contributed by atoms with Gasteiger partial charge in [-0.1, -0.05) is 0 Å². The highest BCUT2D eigenvalue weighted by Crippen LogP contribution is 2.46. The third-order valence-corrected chi connectivity index (χ3v) is 6.68. The number of benzene rings is 1. The van der Waals surface area contributed by atoms with Gasteiger partial charge in [-0.25, -0.2) is 14.6 Å². The highest BCUT2D eigenvalue weighted by atomic mass is 19.1. The lowest BCUT2D eigenvalue weighted by Crippen LogP contribution is -2.53. The monoisotopic (exact) mass is 444 g/mol. The minimum Gasteiger partial charge on any atom is -0.435 e. The summed E-state index contributed by atoms with van der Waals surface area (Å²) in [5, 5.41) is 9.41. The summed E-state index contributed by atoms with van der Waals surface area (Å²) in [6, 6.07) is 4.59. The molecular formula is C23H29FN4O4. The summed E-state index contributed by atoms with van der Waals surface area (Å²) in [4.78, 5) is 35.3. The zero-order valence-corrected chi connectivity index (χ0v) is 18.4. The van der Waals surface area contributed by atoms with Gasteiger partial charge in [0.25, 0.3) is 0 Å². The Kier molecular flexibility index (Phi) is 6.17. The van der Waals surface area contributed by atoms with E-state index in [1.807, 2.05) is 6.92 Å². The molecule has 9 heteroatoms. The second kappa shape index (κ2) is 8.88. The number of ether oxygens (including phenoxy) is 1. The van der Waals surface area contributed by atoms with Gasteiger partial charge in [0.2, 0.25) is 0 Å². The van der Waals surface area contributed by atoms with Gasteiger partial charge in [-0.05, 0) is 87.5 Å². The van der Waals surface area contributed by atoms with Crippen LogP contribution >= 0.6 is 0 Å². The molecule has 2 saturated carbocycles. The highest BCUT2D eigenvalue weighted by Gasteiger charge is 2.47. The molecule has 2 aliphatic carbocycles. The molecule has 3 amide bonds. The van der Waals surface area contributed by atoms with E-state index in [0.717, 1.165) is 43.2 Å². The average Bonchev–Trinajstić information content (AvgIpc) is 3.60. The van der Waals surface area contributed by atoms with E-state index in [4.69, 9.17) is 4.74 Å². The van der Waals surface area contributed by atoms with Crippen LogP contribution in [-0.2, 0) is 14.3 Å². The van der Waals surface area contributed by atoms with Gasteiger partial charge in [0, 0.05) is 18.7 Å². The first-order chi connectivity index (χ1) is 15.3. The number of likely N-dealkylation sites (N-methyl/N-ethyl adjacent to an activating group) is 1. The van der Waals surface area contributed by atoms with E-state index in [0.29, 0.717) is 30.4 Å². The van der Waals surface area contributed by atoms with Gasteiger partial charge in [0.1, 0.15) is 11.5 Å². The van der Waals surface area contributed by atoms with Crippen molar-refractivity contribution >= 4 is 23.6 Å². The van der Waals surface area contributed by atoms with Gasteiger partial charge in [0.05, 0.1) is 0 Å². The first kappa shape index (κ1) is 22.2. The second-order valence-electron chi connectivity index (χ2n) is 9.09. The van der Waals surface area contributed by atoms with E-state index in [-0.39, 0.29) is 11.9 Å². The molecule has 32 heavy (non-hydrogen) atoms. The molecule has 0 aromatic heterocycles. The van der Waals surface area contributed by atoms with Crippen LogP contribution in [0.25, 0.3) is 0 Å². The van der Waals surface area contributed by atoms with Gasteiger partial charge >= 0.3 is 17.9 Å². The average molecular weight is 445 g/mol. The lowest BCUT2D eigenvalue weighted by atomic mass is 9.72. The molecule has 172 valence electrons. The van der Waals surface area contributed by atoms with E-state index >= 15 is 0 Å². The van der Waals surface area contributed by atoms with E-state index in [1.165, 1.54) is 13.1 Å². The van der Waals surface area contributed by atoms with Crippen LogP contribution in [0.2, 0.25) is 0 Å². The molecule has 2 fully saturated rings. The fourth-order valence-electron chi connectivity index (χ4n) is 4.92. The first-order valence-electron chi connectivity index (χ1n) is 11.2. The Labute approximate surface area is 186 Å². The lowest BCUT2D eigenvalue weighted by molar-refractivity contribution is -0.139. The van der Waals surface area contributed by atoms with Crippen molar-refractivity contribution in [2.45, 2.75) is 69.4 Å². The number of carbonyl (C=O) groups is 3. The summed E-state index contributed by atoms with van der Waals surface area (Å²) < 4.78 is 19.8. The van der Waals surface area contributed by atoms with Crippen molar-refractivity contribution in [2.24, 2.45) is 11.0 Å². The van der Waals surface area contributed by atoms with Crippen molar-refractivity contribution in [3.05, 3.63) is 35.1 Å². The Morgan fingerprint density at radius 1 is 1.25 bits per heavy atom. The molecule has 1 aromatic carbocycles. The molecule has 0 radical (unpaired) electrons. The van der Waals surface area contributed by atoms with Crippen molar-refractivity contribution in [1.29, 1.82) is 0 Å². The molecule has 1 atom stereocenters. The van der Waals surface area contributed by atoms with Crippen LogP contribution in [0.3, 0.4) is 0 Å². The molecule has 3 N–H and O–H groups in total. The summed E-state index contributed by atoms with van der Waals surface area (Å²) in [6.07, 6.45) is 4.95. The number of amides is 3.